The molecule has 0 unspecified atom stereocenters. The molecule has 0 saturated carbocycles. The average Bonchev–Trinajstić information content (AvgIpc) is 2.38. The van der Waals surface area contributed by atoms with Crippen molar-refractivity contribution in [3.8, 4) is 0 Å². The minimum Gasteiger partial charge on any atom is -0.263 e. The monoisotopic (exact) mass is 282 g/mol. The number of sulfonamides is 1. The molecule has 0 aliphatic rings. The normalized spacial score (nSPS) is 11.4. The lowest BCUT2D eigenvalue weighted by atomic mass is 10.2. The molecule has 0 aliphatic heterocycles. The third-order valence-corrected chi connectivity index (χ3v) is 3.92. The Labute approximate surface area is 111 Å². The molecule has 0 radical (unpaired) electrons. The number of benzene rings is 1. The fourth-order valence-corrected chi connectivity index (χ4v) is 2.61. The predicted octanol–water partition coefficient (Wildman–Crippen LogP) is 2.21. The van der Waals surface area contributed by atoms with E-state index in [9.17, 15) is 8.42 Å². The molecule has 0 aliphatic carbocycles. The Bertz CT molecular complexity index is 630. The number of hydrogen-bond donors (Lipinski definition) is 1. The number of nitrogens with one attached hydrogen (secondary N) is 1. The van der Waals surface area contributed by atoms with E-state index in [1.165, 1.54) is 18.5 Å². The summed E-state index contributed by atoms with van der Waals surface area (Å²) in [5, 5.41) is 0.577. The van der Waals surface area contributed by atoms with Gasteiger partial charge in [0.25, 0.3) is 0 Å². The molecule has 2 aromatic rings. The largest absolute Gasteiger partial charge is 0.263 e. The van der Waals surface area contributed by atoms with Crippen molar-refractivity contribution in [2.45, 2.75) is 11.4 Å². The summed E-state index contributed by atoms with van der Waals surface area (Å²) in [6.07, 6.45) is 2.83. The van der Waals surface area contributed by atoms with E-state index in [1.54, 1.807) is 30.3 Å². The summed E-state index contributed by atoms with van der Waals surface area (Å²) in [4.78, 5) is 3.93. The highest BCUT2D eigenvalue weighted by Crippen LogP contribution is 2.12. The van der Waals surface area contributed by atoms with E-state index < -0.39 is 10.0 Å². The lowest BCUT2D eigenvalue weighted by Gasteiger charge is -2.06. The van der Waals surface area contributed by atoms with Crippen LogP contribution < -0.4 is 4.72 Å². The molecule has 0 saturated heterocycles. The van der Waals surface area contributed by atoms with E-state index in [2.05, 4.69) is 9.71 Å². The van der Waals surface area contributed by atoms with Crippen LogP contribution in [-0.4, -0.2) is 13.4 Å². The molecule has 0 fully saturated rings. The van der Waals surface area contributed by atoms with Gasteiger partial charge in [-0.25, -0.2) is 13.1 Å². The fourth-order valence-electron chi connectivity index (χ4n) is 1.41. The van der Waals surface area contributed by atoms with Crippen molar-refractivity contribution in [2.24, 2.45) is 0 Å². The zero-order valence-electron chi connectivity index (χ0n) is 9.38. The molecule has 94 valence electrons. The van der Waals surface area contributed by atoms with E-state index in [1.807, 2.05) is 0 Å². The van der Waals surface area contributed by atoms with E-state index in [4.69, 9.17) is 11.6 Å². The molecular formula is C12H11ClN2O2S. The summed E-state index contributed by atoms with van der Waals surface area (Å²) in [6.45, 7) is 0.192. The summed E-state index contributed by atoms with van der Waals surface area (Å²) >= 11 is 5.82. The number of nitrogens with zero attached hydrogens (tertiary/aromatic N) is 1. The van der Waals surface area contributed by atoms with Crippen LogP contribution in [0.15, 0.2) is 53.7 Å². The standard InChI is InChI=1S/C12H11ClN2O2S/c13-11-4-1-3-10(7-11)8-15-18(16,17)12-5-2-6-14-9-12/h1-7,9,15H,8H2. The molecule has 1 aromatic carbocycles. The number of pyridine rings is 1. The maximum Gasteiger partial charge on any atom is 0.242 e. The van der Waals surface area contributed by atoms with E-state index in [-0.39, 0.29) is 11.4 Å². The quantitative estimate of drug-likeness (QED) is 0.935. The number of hydrogen-bond acceptors (Lipinski definition) is 3. The average molecular weight is 283 g/mol. The second kappa shape index (κ2) is 5.48. The van der Waals surface area contributed by atoms with Gasteiger partial charge >= 0.3 is 0 Å². The molecule has 1 heterocycles. The first-order valence-corrected chi connectivity index (χ1v) is 7.08. The van der Waals surface area contributed by atoms with Gasteiger partial charge < -0.3 is 0 Å². The summed E-state index contributed by atoms with van der Waals surface area (Å²) in [5.74, 6) is 0. The van der Waals surface area contributed by atoms with Crippen molar-refractivity contribution < 1.29 is 8.42 Å². The minimum absolute atomic E-state index is 0.145. The van der Waals surface area contributed by atoms with Crippen LogP contribution in [0.5, 0.6) is 0 Å². The van der Waals surface area contributed by atoms with Gasteiger partial charge in [-0.2, -0.15) is 0 Å². The number of aromatic nitrogens is 1. The Morgan fingerprint density at radius 2 is 2.06 bits per heavy atom. The van der Waals surface area contributed by atoms with E-state index in [0.717, 1.165) is 5.56 Å². The highest BCUT2D eigenvalue weighted by molar-refractivity contribution is 7.89. The van der Waals surface area contributed by atoms with Gasteiger partial charge in [0, 0.05) is 24.0 Å². The van der Waals surface area contributed by atoms with Crippen LogP contribution in [-0.2, 0) is 16.6 Å². The molecule has 0 bridgehead atoms. The van der Waals surface area contributed by atoms with Gasteiger partial charge in [-0.1, -0.05) is 23.7 Å². The molecule has 2 rings (SSSR count). The third-order valence-electron chi connectivity index (χ3n) is 2.30. The predicted molar refractivity (Wildman–Crippen MR) is 69.7 cm³/mol. The maximum atomic E-state index is 11.9. The first kappa shape index (κ1) is 13.0. The molecule has 18 heavy (non-hydrogen) atoms. The minimum atomic E-state index is -3.53. The Hall–Kier alpha value is -1.43. The Morgan fingerprint density at radius 1 is 1.22 bits per heavy atom. The second-order valence-electron chi connectivity index (χ2n) is 3.64. The van der Waals surface area contributed by atoms with Crippen LogP contribution in [0, 0.1) is 0 Å². The Morgan fingerprint density at radius 3 is 2.72 bits per heavy atom. The topological polar surface area (TPSA) is 59.1 Å². The highest BCUT2D eigenvalue weighted by atomic mass is 35.5. The fraction of sp³-hybridized carbons (Fsp3) is 0.0833. The first-order chi connectivity index (χ1) is 8.58. The van der Waals surface area contributed by atoms with Crippen molar-refractivity contribution in [3.63, 3.8) is 0 Å². The number of rotatable bonds is 4. The highest BCUT2D eigenvalue weighted by Gasteiger charge is 2.13. The van der Waals surface area contributed by atoms with Crippen molar-refractivity contribution in [1.29, 1.82) is 0 Å². The van der Waals surface area contributed by atoms with Gasteiger partial charge in [0.1, 0.15) is 4.90 Å². The van der Waals surface area contributed by atoms with E-state index >= 15 is 0 Å². The lowest BCUT2D eigenvalue weighted by molar-refractivity contribution is 0.581. The molecule has 0 atom stereocenters. The van der Waals surface area contributed by atoms with Gasteiger partial charge in [-0.3, -0.25) is 4.98 Å². The van der Waals surface area contributed by atoms with Crippen molar-refractivity contribution in [2.75, 3.05) is 0 Å². The molecule has 6 heteroatoms. The van der Waals surface area contributed by atoms with Crippen molar-refractivity contribution in [1.82, 2.24) is 9.71 Å². The molecule has 0 spiro atoms. The first-order valence-electron chi connectivity index (χ1n) is 5.22. The van der Waals surface area contributed by atoms with Gasteiger partial charge in [0.15, 0.2) is 0 Å². The van der Waals surface area contributed by atoms with Gasteiger partial charge in [0.05, 0.1) is 0 Å². The van der Waals surface area contributed by atoms with Crippen LogP contribution in [0.25, 0.3) is 0 Å². The number of halogens is 1. The molecule has 1 aromatic heterocycles. The van der Waals surface area contributed by atoms with E-state index in [0.29, 0.717) is 5.02 Å². The Balaban J connectivity index is 2.11. The summed E-state index contributed by atoms with van der Waals surface area (Å²) in [6, 6.07) is 10.1. The van der Waals surface area contributed by atoms with Gasteiger partial charge in [-0.15, -0.1) is 0 Å². The second-order valence-corrected chi connectivity index (χ2v) is 5.85. The van der Waals surface area contributed by atoms with Crippen LogP contribution >= 0.6 is 11.6 Å². The van der Waals surface area contributed by atoms with Gasteiger partial charge in [-0.05, 0) is 29.8 Å². The summed E-state index contributed by atoms with van der Waals surface area (Å²) in [5.41, 5.74) is 0.801. The Kier molecular flexibility index (Phi) is 3.96. The van der Waals surface area contributed by atoms with Crippen molar-refractivity contribution >= 4 is 21.6 Å². The van der Waals surface area contributed by atoms with Crippen LogP contribution in [0.1, 0.15) is 5.56 Å². The molecule has 1 N–H and O–H groups in total. The zero-order valence-corrected chi connectivity index (χ0v) is 10.9. The zero-order chi connectivity index (χ0) is 13.0. The molecule has 0 amide bonds. The smallest absolute Gasteiger partial charge is 0.242 e. The molecular weight excluding hydrogens is 272 g/mol. The SMILES string of the molecule is O=S(=O)(NCc1cccc(Cl)c1)c1cccnc1. The summed E-state index contributed by atoms with van der Waals surface area (Å²) < 4.78 is 26.3. The maximum absolute atomic E-state index is 11.9. The van der Waals surface area contributed by atoms with Crippen LogP contribution in [0.3, 0.4) is 0 Å². The van der Waals surface area contributed by atoms with Crippen LogP contribution in [0.4, 0.5) is 0 Å². The third kappa shape index (κ3) is 3.29. The lowest BCUT2D eigenvalue weighted by Crippen LogP contribution is -2.23. The van der Waals surface area contributed by atoms with Crippen LogP contribution in [0.2, 0.25) is 5.02 Å². The van der Waals surface area contributed by atoms with Gasteiger partial charge in [0.2, 0.25) is 10.0 Å². The molecule has 4 nitrogen and oxygen atoms in total. The summed E-state index contributed by atoms with van der Waals surface area (Å²) in [7, 11) is -3.53. The van der Waals surface area contributed by atoms with Crippen molar-refractivity contribution in [3.05, 3.63) is 59.4 Å².